The van der Waals surface area contributed by atoms with Gasteiger partial charge in [-0.05, 0) is 59.9 Å². The molecule has 1 aliphatic heterocycles. The van der Waals surface area contributed by atoms with E-state index in [1.54, 1.807) is 0 Å². The van der Waals surface area contributed by atoms with E-state index in [2.05, 4.69) is 41.2 Å². The summed E-state index contributed by atoms with van der Waals surface area (Å²) in [7, 11) is 0. The molecule has 2 nitrogen and oxygen atoms in total. The zero-order valence-corrected chi connectivity index (χ0v) is 10.9. The maximum absolute atomic E-state index is 5.70. The summed E-state index contributed by atoms with van der Waals surface area (Å²) in [4.78, 5) is 0. The van der Waals surface area contributed by atoms with E-state index in [4.69, 9.17) is 4.42 Å². The lowest BCUT2D eigenvalue weighted by atomic mass is 9.72. The highest BCUT2D eigenvalue weighted by atomic mass is 79.9. The summed E-state index contributed by atoms with van der Waals surface area (Å²) in [5, 5.41) is 3.40. The van der Waals surface area contributed by atoms with Crippen LogP contribution in [0.15, 0.2) is 21.2 Å². The topological polar surface area (TPSA) is 25.2 Å². The number of rotatable bonds is 2. The van der Waals surface area contributed by atoms with Gasteiger partial charge in [0.25, 0.3) is 0 Å². The highest BCUT2D eigenvalue weighted by Crippen LogP contribution is 2.38. The van der Waals surface area contributed by atoms with Crippen LogP contribution in [0.3, 0.4) is 0 Å². The first kappa shape index (κ1) is 11.2. The van der Waals surface area contributed by atoms with Gasteiger partial charge in [-0.1, -0.05) is 13.8 Å². The lowest BCUT2D eigenvalue weighted by Crippen LogP contribution is -2.37. The molecule has 0 spiro atoms. The molecule has 1 fully saturated rings. The quantitative estimate of drug-likeness (QED) is 0.893. The smallest absolute Gasteiger partial charge is 0.169 e. The summed E-state index contributed by atoms with van der Waals surface area (Å²) in [5.41, 5.74) is 0.147. The van der Waals surface area contributed by atoms with Crippen molar-refractivity contribution >= 4 is 15.9 Å². The van der Waals surface area contributed by atoms with Crippen molar-refractivity contribution in [2.75, 3.05) is 13.1 Å². The highest BCUT2D eigenvalue weighted by molar-refractivity contribution is 9.10. The second kappa shape index (κ2) is 4.30. The normalized spacial score (nSPS) is 19.4. The number of piperidine rings is 1. The van der Waals surface area contributed by atoms with E-state index in [1.165, 1.54) is 12.8 Å². The Morgan fingerprint density at radius 3 is 2.53 bits per heavy atom. The third-order valence-corrected chi connectivity index (χ3v) is 3.99. The molecule has 1 aromatic heterocycles. The minimum atomic E-state index is 0.147. The fourth-order valence-corrected chi connectivity index (χ4v) is 2.71. The van der Waals surface area contributed by atoms with Crippen LogP contribution < -0.4 is 5.32 Å². The van der Waals surface area contributed by atoms with Gasteiger partial charge in [0.15, 0.2) is 4.67 Å². The van der Waals surface area contributed by atoms with Crippen molar-refractivity contribution in [3.63, 3.8) is 0 Å². The first-order valence-electron chi connectivity index (χ1n) is 5.57. The van der Waals surface area contributed by atoms with Crippen molar-refractivity contribution in [3.8, 4) is 0 Å². The van der Waals surface area contributed by atoms with Crippen LogP contribution in [-0.2, 0) is 5.41 Å². The third-order valence-electron chi connectivity index (χ3n) is 3.57. The molecule has 0 aromatic carbocycles. The molecule has 1 N–H and O–H groups in total. The van der Waals surface area contributed by atoms with E-state index < -0.39 is 0 Å². The van der Waals surface area contributed by atoms with Crippen molar-refractivity contribution in [2.45, 2.75) is 32.1 Å². The molecule has 0 amide bonds. The van der Waals surface area contributed by atoms with E-state index in [1.807, 2.05) is 6.07 Å². The second-order valence-electron chi connectivity index (χ2n) is 4.85. The third kappa shape index (κ3) is 2.28. The van der Waals surface area contributed by atoms with Gasteiger partial charge in [0, 0.05) is 5.41 Å². The minimum Gasteiger partial charge on any atom is -0.454 e. The SMILES string of the molecule is CC(C)(c1ccc(Br)o1)C1CCNCC1. The molecule has 0 aliphatic carbocycles. The van der Waals surface area contributed by atoms with Crippen molar-refractivity contribution < 1.29 is 4.42 Å². The Hall–Kier alpha value is -0.280. The van der Waals surface area contributed by atoms with E-state index >= 15 is 0 Å². The maximum Gasteiger partial charge on any atom is 0.169 e. The Kier molecular flexibility index (Phi) is 3.21. The summed E-state index contributed by atoms with van der Waals surface area (Å²) < 4.78 is 6.53. The molecule has 2 heterocycles. The van der Waals surface area contributed by atoms with Crippen LogP contribution in [0.5, 0.6) is 0 Å². The summed E-state index contributed by atoms with van der Waals surface area (Å²) in [6, 6.07) is 4.07. The molecule has 0 atom stereocenters. The maximum atomic E-state index is 5.70. The molecule has 15 heavy (non-hydrogen) atoms. The Balaban J connectivity index is 2.17. The van der Waals surface area contributed by atoms with Crippen LogP contribution in [0.4, 0.5) is 0 Å². The van der Waals surface area contributed by atoms with Crippen molar-refractivity contribution in [3.05, 3.63) is 22.6 Å². The zero-order valence-electron chi connectivity index (χ0n) is 9.35. The van der Waals surface area contributed by atoms with Crippen LogP contribution in [0.1, 0.15) is 32.4 Å². The molecule has 0 saturated carbocycles. The van der Waals surface area contributed by atoms with E-state index in [-0.39, 0.29) is 5.41 Å². The molecule has 0 unspecified atom stereocenters. The molecule has 0 radical (unpaired) electrons. The van der Waals surface area contributed by atoms with Crippen LogP contribution >= 0.6 is 15.9 Å². The molecule has 1 aliphatic rings. The Morgan fingerprint density at radius 1 is 1.33 bits per heavy atom. The number of halogens is 1. The Bertz CT molecular complexity index is 326. The van der Waals surface area contributed by atoms with Crippen LogP contribution in [0, 0.1) is 5.92 Å². The predicted molar refractivity (Wildman–Crippen MR) is 65.0 cm³/mol. The largest absolute Gasteiger partial charge is 0.454 e. The number of hydrogen-bond acceptors (Lipinski definition) is 2. The van der Waals surface area contributed by atoms with E-state index in [0.717, 1.165) is 29.4 Å². The average Bonchev–Trinajstić information content (AvgIpc) is 2.67. The molecule has 1 aromatic rings. The first-order valence-corrected chi connectivity index (χ1v) is 6.36. The molecule has 84 valence electrons. The fraction of sp³-hybridized carbons (Fsp3) is 0.667. The van der Waals surface area contributed by atoms with Crippen LogP contribution in [0.2, 0.25) is 0 Å². The van der Waals surface area contributed by atoms with Crippen molar-refractivity contribution in [2.24, 2.45) is 5.92 Å². The number of nitrogens with one attached hydrogen (secondary N) is 1. The summed E-state index contributed by atoms with van der Waals surface area (Å²) >= 11 is 3.37. The fourth-order valence-electron chi connectivity index (χ4n) is 2.41. The summed E-state index contributed by atoms with van der Waals surface area (Å²) in [6.07, 6.45) is 2.48. The lowest BCUT2D eigenvalue weighted by Gasteiger charge is -2.35. The average molecular weight is 272 g/mol. The van der Waals surface area contributed by atoms with Gasteiger partial charge < -0.3 is 9.73 Å². The Morgan fingerprint density at radius 2 is 2.00 bits per heavy atom. The van der Waals surface area contributed by atoms with Crippen molar-refractivity contribution in [1.82, 2.24) is 5.32 Å². The first-order chi connectivity index (χ1) is 7.10. The second-order valence-corrected chi connectivity index (χ2v) is 5.63. The summed E-state index contributed by atoms with van der Waals surface area (Å²) in [6.45, 7) is 6.84. The highest BCUT2D eigenvalue weighted by Gasteiger charge is 2.34. The van der Waals surface area contributed by atoms with Gasteiger partial charge in [0.05, 0.1) is 0 Å². The minimum absolute atomic E-state index is 0.147. The van der Waals surface area contributed by atoms with Gasteiger partial charge in [0.2, 0.25) is 0 Å². The molecular formula is C12H18BrNO. The Labute approximate surface area is 99.6 Å². The van der Waals surface area contributed by atoms with Gasteiger partial charge in [-0.25, -0.2) is 0 Å². The molecular weight excluding hydrogens is 254 g/mol. The van der Waals surface area contributed by atoms with E-state index in [9.17, 15) is 0 Å². The van der Waals surface area contributed by atoms with Gasteiger partial charge in [-0.15, -0.1) is 0 Å². The molecule has 1 saturated heterocycles. The predicted octanol–water partition coefficient (Wildman–Crippen LogP) is 3.32. The molecule has 0 bridgehead atoms. The summed E-state index contributed by atoms with van der Waals surface area (Å²) in [5.74, 6) is 1.82. The van der Waals surface area contributed by atoms with Crippen LogP contribution in [-0.4, -0.2) is 13.1 Å². The molecule has 3 heteroatoms. The van der Waals surface area contributed by atoms with E-state index in [0.29, 0.717) is 0 Å². The van der Waals surface area contributed by atoms with Gasteiger partial charge in [-0.3, -0.25) is 0 Å². The number of hydrogen-bond donors (Lipinski definition) is 1. The number of furan rings is 1. The zero-order chi connectivity index (χ0) is 10.9. The standard InChI is InChI=1S/C12H18BrNO/c1-12(2,9-5-7-14-8-6-9)10-3-4-11(13)15-10/h3-4,9,14H,5-8H2,1-2H3. The van der Waals surface area contributed by atoms with Crippen molar-refractivity contribution in [1.29, 1.82) is 0 Å². The monoisotopic (exact) mass is 271 g/mol. The van der Waals surface area contributed by atoms with Gasteiger partial charge in [0.1, 0.15) is 5.76 Å². The lowest BCUT2D eigenvalue weighted by molar-refractivity contribution is 0.212. The van der Waals surface area contributed by atoms with Crippen LogP contribution in [0.25, 0.3) is 0 Å². The van der Waals surface area contributed by atoms with Gasteiger partial charge >= 0.3 is 0 Å². The van der Waals surface area contributed by atoms with Gasteiger partial charge in [-0.2, -0.15) is 0 Å². The molecule has 2 rings (SSSR count).